The minimum absolute atomic E-state index is 0.645. The largest absolute Gasteiger partial charge is 0.494 e. The molecule has 0 amide bonds. The van der Waals surface area contributed by atoms with Gasteiger partial charge in [0.05, 0.1) is 15.2 Å². The van der Waals surface area contributed by atoms with Crippen LogP contribution in [0, 0.1) is 3.57 Å². The lowest BCUT2D eigenvalue weighted by molar-refractivity contribution is 0.112. The summed E-state index contributed by atoms with van der Waals surface area (Å²) in [5, 5.41) is 0. The van der Waals surface area contributed by atoms with Crippen molar-refractivity contribution in [3.05, 3.63) is 25.7 Å². The third-order valence-electron chi connectivity index (χ3n) is 1.36. The van der Waals surface area contributed by atoms with Crippen molar-refractivity contribution >= 4 is 44.8 Å². The van der Waals surface area contributed by atoms with Crippen molar-refractivity contribution in [3.8, 4) is 5.75 Å². The molecule has 0 aliphatic rings. The van der Waals surface area contributed by atoms with Gasteiger partial charge >= 0.3 is 0 Å². The number of methoxy groups -OCH3 is 1. The molecule has 0 aliphatic carbocycles. The molecule has 0 atom stereocenters. The molecule has 64 valence electrons. The summed E-state index contributed by atoms with van der Waals surface area (Å²) in [5.41, 5.74) is 0.645. The Labute approximate surface area is 92.6 Å². The Bertz CT molecular complexity index is 289. The molecule has 4 heteroatoms. The van der Waals surface area contributed by atoms with E-state index in [1.54, 1.807) is 19.2 Å². The van der Waals surface area contributed by atoms with Crippen LogP contribution in [0.15, 0.2) is 16.6 Å². The van der Waals surface area contributed by atoms with Gasteiger partial charge in [-0.2, -0.15) is 0 Å². The Hall–Kier alpha value is -0.100. The summed E-state index contributed by atoms with van der Waals surface area (Å²) >= 11 is 5.43. The summed E-state index contributed by atoms with van der Waals surface area (Å²) in [6.07, 6.45) is 0.812. The van der Waals surface area contributed by atoms with Crippen LogP contribution in [0.2, 0.25) is 0 Å². The van der Waals surface area contributed by atoms with E-state index in [9.17, 15) is 4.79 Å². The first-order chi connectivity index (χ1) is 5.69. The zero-order valence-corrected chi connectivity index (χ0v) is 10.0. The summed E-state index contributed by atoms with van der Waals surface area (Å²) < 4.78 is 6.83. The van der Waals surface area contributed by atoms with Gasteiger partial charge in [0.2, 0.25) is 0 Å². The van der Waals surface area contributed by atoms with Crippen LogP contribution in [0.25, 0.3) is 0 Å². The lowest BCUT2D eigenvalue weighted by Gasteiger charge is -2.05. The van der Waals surface area contributed by atoms with Crippen LogP contribution in [-0.2, 0) is 0 Å². The highest BCUT2D eigenvalue weighted by atomic mass is 127. The van der Waals surface area contributed by atoms with Crippen LogP contribution in [0.5, 0.6) is 5.75 Å². The summed E-state index contributed by atoms with van der Waals surface area (Å²) in [7, 11) is 1.60. The maximum absolute atomic E-state index is 10.4. The van der Waals surface area contributed by atoms with Crippen molar-refractivity contribution in [2.45, 2.75) is 0 Å². The number of benzene rings is 1. The highest BCUT2D eigenvalue weighted by Crippen LogP contribution is 2.30. The van der Waals surface area contributed by atoms with Crippen LogP contribution in [0.4, 0.5) is 0 Å². The van der Waals surface area contributed by atoms with Gasteiger partial charge in [0.15, 0.2) is 0 Å². The van der Waals surface area contributed by atoms with E-state index in [4.69, 9.17) is 4.74 Å². The molecule has 0 fully saturated rings. The topological polar surface area (TPSA) is 26.3 Å². The van der Waals surface area contributed by atoms with Gasteiger partial charge in [0, 0.05) is 5.56 Å². The number of halogens is 2. The molecule has 0 N–H and O–H groups in total. The van der Waals surface area contributed by atoms with Crippen molar-refractivity contribution in [1.29, 1.82) is 0 Å². The molecule has 2 nitrogen and oxygen atoms in total. The van der Waals surface area contributed by atoms with Gasteiger partial charge in [-0.05, 0) is 50.7 Å². The summed E-state index contributed by atoms with van der Waals surface area (Å²) in [5.74, 6) is 0.765. The molecule has 1 rings (SSSR count). The van der Waals surface area contributed by atoms with Crippen LogP contribution in [0.3, 0.4) is 0 Å². The molecule has 0 spiro atoms. The van der Waals surface area contributed by atoms with Crippen LogP contribution >= 0.6 is 38.5 Å². The van der Waals surface area contributed by atoms with E-state index in [0.29, 0.717) is 5.56 Å². The van der Waals surface area contributed by atoms with Crippen molar-refractivity contribution in [2.24, 2.45) is 0 Å². The Balaban J connectivity index is 3.27. The van der Waals surface area contributed by atoms with Crippen molar-refractivity contribution in [1.82, 2.24) is 0 Å². The van der Waals surface area contributed by atoms with E-state index in [0.717, 1.165) is 20.1 Å². The summed E-state index contributed by atoms with van der Waals surface area (Å²) in [6.45, 7) is 0. The van der Waals surface area contributed by atoms with Gasteiger partial charge in [-0.1, -0.05) is 0 Å². The van der Waals surface area contributed by atoms with Gasteiger partial charge < -0.3 is 4.74 Å². The third kappa shape index (κ3) is 1.98. The smallest absolute Gasteiger partial charge is 0.150 e. The van der Waals surface area contributed by atoms with E-state index in [1.165, 1.54) is 0 Å². The van der Waals surface area contributed by atoms with Crippen molar-refractivity contribution in [3.63, 3.8) is 0 Å². The predicted molar refractivity (Wildman–Crippen MR) is 58.8 cm³/mol. The fourth-order valence-electron chi connectivity index (χ4n) is 0.843. The zero-order valence-electron chi connectivity index (χ0n) is 6.30. The second-order valence-electron chi connectivity index (χ2n) is 2.14. The molecule has 0 unspecified atom stereocenters. The van der Waals surface area contributed by atoms with Gasteiger partial charge in [0.1, 0.15) is 12.0 Å². The fraction of sp³-hybridized carbons (Fsp3) is 0.125. The highest BCUT2D eigenvalue weighted by Gasteiger charge is 2.06. The minimum Gasteiger partial charge on any atom is -0.494 e. The van der Waals surface area contributed by atoms with E-state index in [2.05, 4.69) is 38.5 Å². The third-order valence-corrected chi connectivity index (χ3v) is 2.75. The first-order valence-electron chi connectivity index (χ1n) is 3.17. The lowest BCUT2D eigenvalue weighted by Crippen LogP contribution is -1.90. The van der Waals surface area contributed by atoms with E-state index in [1.807, 2.05) is 0 Å². The maximum atomic E-state index is 10.4. The average Bonchev–Trinajstić information content (AvgIpc) is 2.03. The quantitative estimate of drug-likeness (QED) is 0.611. The molecule has 0 bridgehead atoms. The molecule has 0 radical (unpaired) electrons. The second kappa shape index (κ2) is 4.23. The zero-order chi connectivity index (χ0) is 9.14. The fourth-order valence-corrected chi connectivity index (χ4v) is 2.72. The molecular formula is C8H6BrIO2. The Morgan fingerprint density at radius 2 is 2.25 bits per heavy atom. The normalized spacial score (nSPS) is 9.58. The van der Waals surface area contributed by atoms with Gasteiger partial charge in [-0.15, -0.1) is 0 Å². The second-order valence-corrected chi connectivity index (χ2v) is 4.15. The SMILES string of the molecule is COc1c(Br)cc(C=O)cc1I. The van der Waals surface area contributed by atoms with Gasteiger partial charge in [-0.25, -0.2) is 0 Å². The van der Waals surface area contributed by atoms with Crippen LogP contribution in [0.1, 0.15) is 10.4 Å². The predicted octanol–water partition coefficient (Wildman–Crippen LogP) is 2.87. The van der Waals surface area contributed by atoms with E-state index >= 15 is 0 Å². The maximum Gasteiger partial charge on any atom is 0.150 e. The summed E-state index contributed by atoms with van der Waals surface area (Å²) in [6, 6.07) is 3.51. The number of hydrogen-bond donors (Lipinski definition) is 0. The lowest BCUT2D eigenvalue weighted by atomic mass is 10.2. The highest BCUT2D eigenvalue weighted by molar-refractivity contribution is 14.1. The van der Waals surface area contributed by atoms with Gasteiger partial charge in [-0.3, -0.25) is 4.79 Å². The molecule has 0 aromatic heterocycles. The van der Waals surface area contributed by atoms with Gasteiger partial charge in [0.25, 0.3) is 0 Å². The Morgan fingerprint density at radius 3 is 2.67 bits per heavy atom. The van der Waals surface area contributed by atoms with Crippen molar-refractivity contribution in [2.75, 3.05) is 7.11 Å². The monoisotopic (exact) mass is 340 g/mol. The average molecular weight is 341 g/mol. The van der Waals surface area contributed by atoms with E-state index in [-0.39, 0.29) is 0 Å². The molecular weight excluding hydrogens is 335 g/mol. The number of carbonyl (C=O) groups is 1. The first-order valence-corrected chi connectivity index (χ1v) is 5.04. The number of ether oxygens (including phenoxy) is 1. The number of carbonyl (C=O) groups excluding carboxylic acids is 1. The Kier molecular flexibility index (Phi) is 3.52. The molecule has 0 saturated heterocycles. The Morgan fingerprint density at radius 1 is 1.58 bits per heavy atom. The number of hydrogen-bond acceptors (Lipinski definition) is 2. The van der Waals surface area contributed by atoms with E-state index < -0.39 is 0 Å². The molecule has 0 heterocycles. The van der Waals surface area contributed by atoms with Crippen molar-refractivity contribution < 1.29 is 9.53 Å². The molecule has 1 aromatic rings. The number of aldehydes is 1. The molecule has 0 saturated carbocycles. The minimum atomic E-state index is 0.645. The van der Waals surface area contributed by atoms with Crippen LogP contribution < -0.4 is 4.74 Å². The molecule has 1 aromatic carbocycles. The summed E-state index contributed by atoms with van der Waals surface area (Å²) in [4.78, 5) is 10.4. The standard InChI is InChI=1S/C8H6BrIO2/c1-12-8-6(9)2-5(4-11)3-7(8)10/h2-4H,1H3. The molecule has 12 heavy (non-hydrogen) atoms. The van der Waals surface area contributed by atoms with Crippen LogP contribution in [-0.4, -0.2) is 13.4 Å². The first kappa shape index (κ1) is 9.98. The number of rotatable bonds is 2. The molecule has 0 aliphatic heterocycles.